The SMILES string of the molecule is CCCCCCCCCNC(=O)CCc1nc(-c2cccnc2)no1. The molecule has 0 bridgehead atoms. The Balaban J connectivity index is 1.57. The second-order valence-corrected chi connectivity index (χ2v) is 6.22. The summed E-state index contributed by atoms with van der Waals surface area (Å²) >= 11 is 0. The molecule has 0 aliphatic carbocycles. The van der Waals surface area contributed by atoms with Gasteiger partial charge in [-0.3, -0.25) is 9.78 Å². The molecule has 2 aromatic heterocycles. The normalized spacial score (nSPS) is 10.8. The topological polar surface area (TPSA) is 80.9 Å². The van der Waals surface area contributed by atoms with Crippen molar-refractivity contribution < 1.29 is 9.32 Å². The number of rotatable bonds is 12. The third-order valence-electron chi connectivity index (χ3n) is 4.06. The highest BCUT2D eigenvalue weighted by molar-refractivity contribution is 5.75. The lowest BCUT2D eigenvalue weighted by molar-refractivity contribution is -0.121. The maximum atomic E-state index is 11.9. The van der Waals surface area contributed by atoms with Crippen LogP contribution in [0.25, 0.3) is 11.4 Å². The minimum atomic E-state index is 0.0344. The summed E-state index contributed by atoms with van der Waals surface area (Å²) < 4.78 is 5.19. The van der Waals surface area contributed by atoms with E-state index < -0.39 is 0 Å². The third-order valence-corrected chi connectivity index (χ3v) is 4.06. The summed E-state index contributed by atoms with van der Waals surface area (Å²) in [5, 5.41) is 6.88. The fraction of sp³-hybridized carbons (Fsp3) is 0.579. The van der Waals surface area contributed by atoms with Crippen LogP contribution in [0.15, 0.2) is 29.0 Å². The van der Waals surface area contributed by atoms with Crippen molar-refractivity contribution in [1.29, 1.82) is 0 Å². The summed E-state index contributed by atoms with van der Waals surface area (Å²) in [4.78, 5) is 20.2. The van der Waals surface area contributed by atoms with Gasteiger partial charge >= 0.3 is 0 Å². The number of amides is 1. The number of aromatic nitrogens is 3. The number of nitrogens with zero attached hydrogens (tertiary/aromatic N) is 3. The molecule has 0 saturated carbocycles. The molecule has 0 unspecified atom stereocenters. The van der Waals surface area contributed by atoms with Crippen LogP contribution in [0.4, 0.5) is 0 Å². The largest absolute Gasteiger partial charge is 0.356 e. The van der Waals surface area contributed by atoms with E-state index in [1.165, 1.54) is 38.5 Å². The molecule has 0 aromatic carbocycles. The predicted octanol–water partition coefficient (Wildman–Crippen LogP) is 3.93. The molecule has 0 saturated heterocycles. The standard InChI is InChI=1S/C19H28N4O2/c1-2-3-4-5-6-7-8-14-21-17(24)11-12-18-22-19(23-25-18)16-10-9-13-20-15-16/h9-10,13,15H,2-8,11-12,14H2,1H3,(H,21,24). The summed E-state index contributed by atoms with van der Waals surface area (Å²) in [7, 11) is 0. The van der Waals surface area contributed by atoms with Crippen molar-refractivity contribution in [3.63, 3.8) is 0 Å². The average molecular weight is 344 g/mol. The number of carbonyl (C=O) groups excluding carboxylic acids is 1. The number of unbranched alkanes of at least 4 members (excludes halogenated alkanes) is 6. The maximum Gasteiger partial charge on any atom is 0.227 e. The van der Waals surface area contributed by atoms with Crippen LogP contribution in [0.3, 0.4) is 0 Å². The van der Waals surface area contributed by atoms with Crippen molar-refractivity contribution in [1.82, 2.24) is 20.4 Å². The Morgan fingerprint density at radius 1 is 1.16 bits per heavy atom. The van der Waals surface area contributed by atoms with Gasteiger partial charge in [0.1, 0.15) is 0 Å². The Bertz CT molecular complexity index is 613. The zero-order chi connectivity index (χ0) is 17.7. The number of hydrogen-bond donors (Lipinski definition) is 1. The molecular weight excluding hydrogens is 316 g/mol. The van der Waals surface area contributed by atoms with Gasteiger partial charge in [-0.1, -0.05) is 50.6 Å². The lowest BCUT2D eigenvalue weighted by Gasteiger charge is -2.04. The Kier molecular flexibility index (Phi) is 8.66. The van der Waals surface area contributed by atoms with Gasteiger partial charge < -0.3 is 9.84 Å². The zero-order valence-electron chi connectivity index (χ0n) is 15.0. The van der Waals surface area contributed by atoms with Crippen LogP contribution in [0.1, 0.15) is 64.2 Å². The van der Waals surface area contributed by atoms with E-state index in [1.54, 1.807) is 12.4 Å². The molecule has 6 nitrogen and oxygen atoms in total. The minimum Gasteiger partial charge on any atom is -0.356 e. The quantitative estimate of drug-likeness (QED) is 0.590. The first-order chi connectivity index (χ1) is 12.3. The fourth-order valence-corrected chi connectivity index (χ4v) is 2.59. The first kappa shape index (κ1) is 19.1. The number of hydrogen-bond acceptors (Lipinski definition) is 5. The van der Waals surface area contributed by atoms with Gasteiger partial charge in [-0.2, -0.15) is 4.98 Å². The highest BCUT2D eigenvalue weighted by Crippen LogP contribution is 2.14. The van der Waals surface area contributed by atoms with Crippen LogP contribution in [0.2, 0.25) is 0 Å². The van der Waals surface area contributed by atoms with Gasteiger partial charge in [0.2, 0.25) is 17.6 Å². The Hall–Kier alpha value is -2.24. The van der Waals surface area contributed by atoms with E-state index in [-0.39, 0.29) is 5.91 Å². The van der Waals surface area contributed by atoms with E-state index in [2.05, 4.69) is 27.4 Å². The second-order valence-electron chi connectivity index (χ2n) is 6.22. The maximum absolute atomic E-state index is 11.9. The highest BCUT2D eigenvalue weighted by Gasteiger charge is 2.10. The zero-order valence-corrected chi connectivity index (χ0v) is 15.0. The average Bonchev–Trinajstić information content (AvgIpc) is 3.12. The molecule has 0 atom stereocenters. The molecule has 1 N–H and O–H groups in total. The highest BCUT2D eigenvalue weighted by atomic mass is 16.5. The van der Waals surface area contributed by atoms with Gasteiger partial charge in [-0.15, -0.1) is 0 Å². The van der Waals surface area contributed by atoms with Crippen LogP contribution in [-0.4, -0.2) is 27.6 Å². The molecular formula is C19H28N4O2. The van der Waals surface area contributed by atoms with Crippen molar-refractivity contribution in [2.24, 2.45) is 0 Å². The Morgan fingerprint density at radius 2 is 1.96 bits per heavy atom. The lowest BCUT2D eigenvalue weighted by atomic mass is 10.1. The summed E-state index contributed by atoms with van der Waals surface area (Å²) in [6, 6.07) is 3.69. The molecule has 2 aromatic rings. The van der Waals surface area contributed by atoms with Crippen LogP contribution >= 0.6 is 0 Å². The van der Waals surface area contributed by atoms with Crippen LogP contribution in [0, 0.1) is 0 Å². The monoisotopic (exact) mass is 344 g/mol. The summed E-state index contributed by atoms with van der Waals surface area (Å²) in [5.74, 6) is 1.02. The van der Waals surface area contributed by atoms with E-state index in [4.69, 9.17) is 4.52 Å². The van der Waals surface area contributed by atoms with E-state index in [1.807, 2.05) is 12.1 Å². The molecule has 0 radical (unpaired) electrons. The number of carbonyl (C=O) groups is 1. The fourth-order valence-electron chi connectivity index (χ4n) is 2.59. The van der Waals surface area contributed by atoms with Gasteiger partial charge in [0.25, 0.3) is 0 Å². The molecule has 0 aliphatic rings. The molecule has 1 amide bonds. The molecule has 136 valence electrons. The predicted molar refractivity (Wildman–Crippen MR) is 96.9 cm³/mol. The van der Waals surface area contributed by atoms with E-state index in [9.17, 15) is 4.79 Å². The van der Waals surface area contributed by atoms with Crippen molar-refractivity contribution in [2.45, 2.75) is 64.7 Å². The second kappa shape index (κ2) is 11.3. The van der Waals surface area contributed by atoms with Gasteiger partial charge in [0.05, 0.1) is 0 Å². The van der Waals surface area contributed by atoms with Gasteiger partial charge in [0, 0.05) is 37.3 Å². The number of pyridine rings is 1. The van der Waals surface area contributed by atoms with Gasteiger partial charge in [-0.05, 0) is 18.6 Å². The Morgan fingerprint density at radius 3 is 2.72 bits per heavy atom. The molecule has 0 fully saturated rings. The summed E-state index contributed by atoms with van der Waals surface area (Å²) in [6.07, 6.45) is 12.9. The molecule has 2 rings (SSSR count). The third kappa shape index (κ3) is 7.45. The summed E-state index contributed by atoms with van der Waals surface area (Å²) in [5.41, 5.74) is 0.806. The first-order valence-electron chi connectivity index (χ1n) is 9.29. The van der Waals surface area contributed by atoms with Crippen LogP contribution < -0.4 is 5.32 Å². The minimum absolute atomic E-state index is 0.0344. The van der Waals surface area contributed by atoms with Crippen molar-refractivity contribution in [3.05, 3.63) is 30.4 Å². The first-order valence-corrected chi connectivity index (χ1v) is 9.29. The van der Waals surface area contributed by atoms with Crippen molar-refractivity contribution >= 4 is 5.91 Å². The Labute approximate surface area is 149 Å². The molecule has 0 spiro atoms. The van der Waals surface area contributed by atoms with Gasteiger partial charge in [0.15, 0.2) is 0 Å². The molecule has 6 heteroatoms. The van der Waals surface area contributed by atoms with Crippen molar-refractivity contribution in [2.75, 3.05) is 6.54 Å². The molecule has 0 aliphatic heterocycles. The summed E-state index contributed by atoms with van der Waals surface area (Å²) in [6.45, 7) is 2.97. The van der Waals surface area contributed by atoms with E-state index >= 15 is 0 Å². The number of nitrogens with one attached hydrogen (secondary N) is 1. The smallest absolute Gasteiger partial charge is 0.227 e. The molecule has 2 heterocycles. The number of aryl methyl sites for hydroxylation is 1. The van der Waals surface area contributed by atoms with Crippen LogP contribution in [-0.2, 0) is 11.2 Å². The van der Waals surface area contributed by atoms with Gasteiger partial charge in [-0.25, -0.2) is 0 Å². The van der Waals surface area contributed by atoms with Crippen molar-refractivity contribution in [3.8, 4) is 11.4 Å². The lowest BCUT2D eigenvalue weighted by Crippen LogP contribution is -2.24. The molecule has 25 heavy (non-hydrogen) atoms. The van der Waals surface area contributed by atoms with E-state index in [0.29, 0.717) is 24.6 Å². The van der Waals surface area contributed by atoms with E-state index in [0.717, 1.165) is 18.5 Å². The van der Waals surface area contributed by atoms with Crippen LogP contribution in [0.5, 0.6) is 0 Å².